The molecule has 0 fully saturated rings. The number of hydrogen-bond donors (Lipinski definition) is 0. The molecule has 0 spiro atoms. The summed E-state index contributed by atoms with van der Waals surface area (Å²) in [7, 11) is 0. The minimum Gasteiger partial charge on any atom is -0.343 e. The van der Waals surface area contributed by atoms with Crippen LogP contribution in [0, 0.1) is 5.92 Å². The fraction of sp³-hybridized carbons (Fsp3) is 0.727. The first-order chi connectivity index (χ1) is 6.17. The Balaban J connectivity index is 3.98. The summed E-state index contributed by atoms with van der Waals surface area (Å²) >= 11 is 0. The van der Waals surface area contributed by atoms with E-state index in [4.69, 9.17) is 0 Å². The summed E-state index contributed by atoms with van der Waals surface area (Å²) in [4.78, 5) is 13.6. The van der Waals surface area contributed by atoms with E-state index < -0.39 is 0 Å². The molecular formula is C11H21NO. The predicted molar refractivity (Wildman–Crippen MR) is 56.5 cm³/mol. The smallest absolute Gasteiger partial charge is 0.225 e. The van der Waals surface area contributed by atoms with E-state index in [9.17, 15) is 4.79 Å². The van der Waals surface area contributed by atoms with Crippen molar-refractivity contribution >= 4 is 5.91 Å². The van der Waals surface area contributed by atoms with Crippen LogP contribution in [0.3, 0.4) is 0 Å². The third-order valence-electron chi connectivity index (χ3n) is 2.30. The first-order valence-corrected chi connectivity index (χ1v) is 5.07. The van der Waals surface area contributed by atoms with E-state index in [1.54, 1.807) is 0 Å². The van der Waals surface area contributed by atoms with Gasteiger partial charge in [-0.25, -0.2) is 0 Å². The molecule has 1 unspecified atom stereocenters. The summed E-state index contributed by atoms with van der Waals surface area (Å²) < 4.78 is 0. The van der Waals surface area contributed by atoms with Crippen molar-refractivity contribution < 1.29 is 4.79 Å². The van der Waals surface area contributed by atoms with Crippen LogP contribution < -0.4 is 0 Å². The Morgan fingerprint density at radius 2 is 2.00 bits per heavy atom. The maximum Gasteiger partial charge on any atom is 0.225 e. The first kappa shape index (κ1) is 12.2. The van der Waals surface area contributed by atoms with Crippen molar-refractivity contribution in [1.82, 2.24) is 4.90 Å². The maximum absolute atomic E-state index is 11.7. The largest absolute Gasteiger partial charge is 0.343 e. The second-order valence-electron chi connectivity index (χ2n) is 3.28. The van der Waals surface area contributed by atoms with Crippen LogP contribution in [0.4, 0.5) is 0 Å². The highest BCUT2D eigenvalue weighted by Gasteiger charge is 2.16. The van der Waals surface area contributed by atoms with E-state index in [0.29, 0.717) is 0 Å². The zero-order valence-electron chi connectivity index (χ0n) is 9.05. The van der Waals surface area contributed by atoms with Crippen molar-refractivity contribution in [1.29, 1.82) is 0 Å². The third-order valence-corrected chi connectivity index (χ3v) is 2.30. The van der Waals surface area contributed by atoms with Crippen molar-refractivity contribution in [2.75, 3.05) is 13.1 Å². The van der Waals surface area contributed by atoms with Gasteiger partial charge in [-0.05, 0) is 26.7 Å². The van der Waals surface area contributed by atoms with Gasteiger partial charge in [0.25, 0.3) is 0 Å². The lowest BCUT2D eigenvalue weighted by atomic mass is 10.0. The Morgan fingerprint density at radius 1 is 1.46 bits per heavy atom. The molecule has 0 aliphatic rings. The Bertz CT molecular complexity index is 161. The van der Waals surface area contributed by atoms with Crippen molar-refractivity contribution in [2.24, 2.45) is 5.92 Å². The van der Waals surface area contributed by atoms with Crippen LogP contribution in [0.15, 0.2) is 12.7 Å². The molecule has 0 aromatic rings. The fourth-order valence-electron chi connectivity index (χ4n) is 1.34. The van der Waals surface area contributed by atoms with Gasteiger partial charge in [-0.15, -0.1) is 6.58 Å². The molecule has 0 aromatic heterocycles. The molecule has 76 valence electrons. The lowest BCUT2D eigenvalue weighted by Gasteiger charge is -2.22. The van der Waals surface area contributed by atoms with Gasteiger partial charge in [0.05, 0.1) is 0 Å². The Morgan fingerprint density at radius 3 is 2.38 bits per heavy atom. The van der Waals surface area contributed by atoms with Gasteiger partial charge in [-0.1, -0.05) is 13.0 Å². The van der Waals surface area contributed by atoms with Gasteiger partial charge >= 0.3 is 0 Å². The monoisotopic (exact) mass is 183 g/mol. The number of nitrogens with zero attached hydrogens (tertiary/aromatic N) is 1. The highest BCUT2D eigenvalue weighted by molar-refractivity contribution is 5.78. The number of carbonyl (C=O) groups excluding carboxylic acids is 1. The van der Waals surface area contributed by atoms with Gasteiger partial charge in [-0.2, -0.15) is 0 Å². The van der Waals surface area contributed by atoms with Gasteiger partial charge in [0.2, 0.25) is 5.91 Å². The fourth-order valence-corrected chi connectivity index (χ4v) is 1.34. The molecular weight excluding hydrogens is 162 g/mol. The van der Waals surface area contributed by atoms with Gasteiger partial charge in [-0.3, -0.25) is 4.79 Å². The highest BCUT2D eigenvalue weighted by atomic mass is 16.2. The van der Waals surface area contributed by atoms with Crippen molar-refractivity contribution in [3.63, 3.8) is 0 Å². The summed E-state index contributed by atoms with van der Waals surface area (Å²) in [6.45, 7) is 11.3. The lowest BCUT2D eigenvalue weighted by Crippen LogP contribution is -2.34. The quantitative estimate of drug-likeness (QED) is 0.579. The molecule has 0 aliphatic carbocycles. The molecule has 0 saturated heterocycles. The van der Waals surface area contributed by atoms with Crippen LogP contribution in [-0.2, 0) is 4.79 Å². The number of carbonyl (C=O) groups is 1. The summed E-state index contributed by atoms with van der Waals surface area (Å²) in [5.74, 6) is 0.407. The highest BCUT2D eigenvalue weighted by Crippen LogP contribution is 2.09. The van der Waals surface area contributed by atoms with Crippen molar-refractivity contribution in [3.8, 4) is 0 Å². The SMILES string of the molecule is C=CCCC(C)C(=O)N(CC)CC. The second kappa shape index (κ2) is 6.70. The molecule has 0 N–H and O–H groups in total. The normalized spacial score (nSPS) is 12.2. The average Bonchev–Trinajstić information content (AvgIpc) is 2.15. The molecule has 0 aliphatic heterocycles. The Labute approximate surface area is 81.6 Å². The number of allylic oxidation sites excluding steroid dienone is 1. The molecule has 13 heavy (non-hydrogen) atoms. The predicted octanol–water partition coefficient (Wildman–Crippen LogP) is 2.46. The van der Waals surface area contributed by atoms with Gasteiger partial charge in [0.15, 0.2) is 0 Å². The molecule has 1 atom stereocenters. The summed E-state index contributed by atoms with van der Waals surface area (Å²) in [5.41, 5.74) is 0. The minimum atomic E-state index is 0.137. The van der Waals surface area contributed by atoms with Crippen LogP contribution >= 0.6 is 0 Å². The Kier molecular flexibility index (Phi) is 6.29. The average molecular weight is 183 g/mol. The molecule has 0 saturated carbocycles. The van der Waals surface area contributed by atoms with Crippen LogP contribution in [0.2, 0.25) is 0 Å². The van der Waals surface area contributed by atoms with Crippen LogP contribution in [0.5, 0.6) is 0 Å². The molecule has 2 nitrogen and oxygen atoms in total. The van der Waals surface area contributed by atoms with Crippen LogP contribution in [0.25, 0.3) is 0 Å². The van der Waals surface area contributed by atoms with E-state index in [2.05, 4.69) is 6.58 Å². The molecule has 0 heterocycles. The van der Waals surface area contributed by atoms with Gasteiger partial charge < -0.3 is 4.90 Å². The third kappa shape index (κ3) is 4.11. The summed E-state index contributed by atoms with van der Waals surface area (Å²) in [5, 5.41) is 0. The molecule has 1 amide bonds. The topological polar surface area (TPSA) is 20.3 Å². The number of rotatable bonds is 6. The van der Waals surface area contributed by atoms with Crippen LogP contribution in [0.1, 0.15) is 33.6 Å². The zero-order valence-corrected chi connectivity index (χ0v) is 9.05. The number of amides is 1. The molecule has 0 rings (SSSR count). The molecule has 0 bridgehead atoms. The van der Waals surface area contributed by atoms with Crippen LogP contribution in [-0.4, -0.2) is 23.9 Å². The Hall–Kier alpha value is -0.790. The van der Waals surface area contributed by atoms with E-state index in [-0.39, 0.29) is 11.8 Å². The van der Waals surface area contributed by atoms with E-state index in [0.717, 1.165) is 25.9 Å². The molecule has 2 heteroatoms. The summed E-state index contributed by atoms with van der Waals surface area (Å²) in [6.07, 6.45) is 3.71. The van der Waals surface area contributed by atoms with Crippen molar-refractivity contribution in [3.05, 3.63) is 12.7 Å². The van der Waals surface area contributed by atoms with Crippen molar-refractivity contribution in [2.45, 2.75) is 33.6 Å². The second-order valence-corrected chi connectivity index (χ2v) is 3.28. The maximum atomic E-state index is 11.7. The van der Waals surface area contributed by atoms with Gasteiger partial charge in [0.1, 0.15) is 0 Å². The van der Waals surface area contributed by atoms with E-state index >= 15 is 0 Å². The number of hydrogen-bond acceptors (Lipinski definition) is 1. The van der Waals surface area contributed by atoms with E-state index in [1.165, 1.54) is 0 Å². The zero-order chi connectivity index (χ0) is 10.3. The first-order valence-electron chi connectivity index (χ1n) is 5.07. The molecule has 0 aromatic carbocycles. The molecule has 0 radical (unpaired) electrons. The van der Waals surface area contributed by atoms with Gasteiger partial charge in [0, 0.05) is 19.0 Å². The minimum absolute atomic E-state index is 0.137. The summed E-state index contributed by atoms with van der Waals surface area (Å²) in [6, 6.07) is 0. The van der Waals surface area contributed by atoms with E-state index in [1.807, 2.05) is 31.7 Å². The lowest BCUT2D eigenvalue weighted by molar-refractivity contribution is -0.134. The standard InChI is InChI=1S/C11H21NO/c1-5-8-9-10(4)11(13)12(6-2)7-3/h5,10H,1,6-9H2,2-4H3.